The SMILES string of the molecule is Cc1c(C(=O)Nc2ccc(CCN3CCSCC3)cc2)oc2c1C(=O)CC(C)(C)C2. The average Bonchev–Trinajstić information content (AvgIpc) is 3.03. The van der Waals surface area contributed by atoms with Crippen LogP contribution in [0, 0.1) is 12.3 Å². The van der Waals surface area contributed by atoms with Crippen LogP contribution in [0.25, 0.3) is 0 Å². The minimum atomic E-state index is -0.300. The third-order valence-electron chi connectivity index (χ3n) is 6.02. The van der Waals surface area contributed by atoms with Gasteiger partial charge in [0.1, 0.15) is 5.76 Å². The van der Waals surface area contributed by atoms with E-state index in [9.17, 15) is 9.59 Å². The molecule has 4 rings (SSSR count). The van der Waals surface area contributed by atoms with Gasteiger partial charge in [0.05, 0.1) is 5.56 Å². The van der Waals surface area contributed by atoms with E-state index in [4.69, 9.17) is 4.42 Å². The van der Waals surface area contributed by atoms with E-state index in [0.717, 1.165) is 18.7 Å². The lowest BCUT2D eigenvalue weighted by Gasteiger charge is -2.27. The fourth-order valence-electron chi connectivity index (χ4n) is 4.35. The highest BCUT2D eigenvalue weighted by Gasteiger charge is 2.37. The Labute approximate surface area is 182 Å². The molecule has 30 heavy (non-hydrogen) atoms. The zero-order valence-electron chi connectivity index (χ0n) is 18.0. The molecule has 1 fully saturated rings. The third-order valence-corrected chi connectivity index (χ3v) is 6.96. The summed E-state index contributed by atoms with van der Waals surface area (Å²) in [6.07, 6.45) is 2.17. The first-order valence-electron chi connectivity index (χ1n) is 10.7. The van der Waals surface area contributed by atoms with Crippen molar-refractivity contribution in [3.8, 4) is 0 Å². The smallest absolute Gasteiger partial charge is 0.291 e. The van der Waals surface area contributed by atoms with Crippen molar-refractivity contribution < 1.29 is 14.0 Å². The molecule has 0 atom stereocenters. The molecule has 2 heterocycles. The molecule has 0 saturated carbocycles. The topological polar surface area (TPSA) is 62.6 Å². The quantitative estimate of drug-likeness (QED) is 0.758. The molecule has 1 aromatic heterocycles. The number of benzene rings is 1. The van der Waals surface area contributed by atoms with Crippen molar-refractivity contribution in [1.29, 1.82) is 0 Å². The van der Waals surface area contributed by atoms with Crippen LogP contribution in [0.15, 0.2) is 28.7 Å². The summed E-state index contributed by atoms with van der Waals surface area (Å²) in [6.45, 7) is 9.33. The number of carbonyl (C=O) groups excluding carboxylic acids is 2. The van der Waals surface area contributed by atoms with Gasteiger partial charge < -0.3 is 14.6 Å². The largest absolute Gasteiger partial charge is 0.455 e. The lowest BCUT2D eigenvalue weighted by atomic mass is 9.76. The molecule has 160 valence electrons. The predicted molar refractivity (Wildman–Crippen MR) is 122 cm³/mol. The Hall–Kier alpha value is -2.05. The molecular formula is C24H30N2O3S. The zero-order chi connectivity index (χ0) is 21.3. The van der Waals surface area contributed by atoms with Crippen LogP contribution in [-0.4, -0.2) is 47.7 Å². The highest BCUT2D eigenvalue weighted by atomic mass is 32.2. The summed E-state index contributed by atoms with van der Waals surface area (Å²) in [7, 11) is 0. The number of ketones is 1. The van der Waals surface area contributed by atoms with Crippen molar-refractivity contribution in [3.05, 3.63) is 52.5 Å². The highest BCUT2D eigenvalue weighted by Crippen LogP contribution is 2.38. The van der Waals surface area contributed by atoms with Crippen LogP contribution < -0.4 is 5.32 Å². The number of fused-ring (bicyclic) bond motifs is 1. The number of anilines is 1. The molecular weight excluding hydrogens is 396 g/mol. The van der Waals surface area contributed by atoms with E-state index in [0.29, 0.717) is 29.7 Å². The summed E-state index contributed by atoms with van der Waals surface area (Å²) in [4.78, 5) is 27.9. The number of hydrogen-bond acceptors (Lipinski definition) is 5. The van der Waals surface area contributed by atoms with Crippen LogP contribution in [0.5, 0.6) is 0 Å². The Morgan fingerprint density at radius 2 is 1.87 bits per heavy atom. The Kier molecular flexibility index (Phi) is 6.07. The number of Topliss-reactive ketones (excluding diaryl/α,β-unsaturated/α-hetero) is 1. The predicted octanol–water partition coefficient (Wildman–Crippen LogP) is 4.59. The van der Waals surface area contributed by atoms with Gasteiger partial charge in [-0.1, -0.05) is 26.0 Å². The number of amides is 1. The average molecular weight is 427 g/mol. The first kappa shape index (κ1) is 21.2. The van der Waals surface area contributed by atoms with Crippen molar-refractivity contribution >= 4 is 29.1 Å². The van der Waals surface area contributed by atoms with Crippen LogP contribution in [-0.2, 0) is 12.8 Å². The molecule has 1 saturated heterocycles. The maximum Gasteiger partial charge on any atom is 0.291 e. The second kappa shape index (κ2) is 8.60. The normalized spacial score (nSPS) is 18.8. The zero-order valence-corrected chi connectivity index (χ0v) is 18.9. The minimum absolute atomic E-state index is 0.0678. The molecule has 5 nitrogen and oxygen atoms in total. The molecule has 0 unspecified atom stereocenters. The van der Waals surface area contributed by atoms with Crippen LogP contribution in [0.2, 0.25) is 0 Å². The Morgan fingerprint density at radius 3 is 2.57 bits per heavy atom. The molecule has 2 aromatic rings. The molecule has 0 radical (unpaired) electrons. The second-order valence-corrected chi connectivity index (χ2v) is 10.4. The molecule has 1 amide bonds. The summed E-state index contributed by atoms with van der Waals surface area (Å²) in [6, 6.07) is 8.01. The third kappa shape index (κ3) is 4.65. The maximum absolute atomic E-state index is 12.8. The van der Waals surface area contributed by atoms with E-state index < -0.39 is 0 Å². The van der Waals surface area contributed by atoms with Gasteiger partial charge >= 0.3 is 0 Å². The maximum atomic E-state index is 12.8. The van der Waals surface area contributed by atoms with E-state index >= 15 is 0 Å². The minimum Gasteiger partial charge on any atom is -0.455 e. The molecule has 2 aliphatic rings. The lowest BCUT2D eigenvalue weighted by Crippen LogP contribution is -2.34. The van der Waals surface area contributed by atoms with Gasteiger partial charge in [0, 0.05) is 55.2 Å². The van der Waals surface area contributed by atoms with Gasteiger partial charge in [-0.25, -0.2) is 0 Å². The number of thioether (sulfide) groups is 1. The molecule has 1 aromatic carbocycles. The summed E-state index contributed by atoms with van der Waals surface area (Å²) in [5, 5.41) is 2.92. The van der Waals surface area contributed by atoms with Gasteiger partial charge in [0.2, 0.25) is 0 Å². The summed E-state index contributed by atoms with van der Waals surface area (Å²) in [5.74, 6) is 3.11. The number of carbonyl (C=O) groups is 2. The first-order chi connectivity index (χ1) is 14.3. The Bertz CT molecular complexity index is 940. The van der Waals surface area contributed by atoms with Crippen molar-refractivity contribution in [3.63, 3.8) is 0 Å². The van der Waals surface area contributed by atoms with Crippen molar-refractivity contribution in [1.82, 2.24) is 4.90 Å². The number of furan rings is 1. The van der Waals surface area contributed by atoms with Crippen LogP contribution in [0.1, 0.15) is 58.1 Å². The van der Waals surface area contributed by atoms with Gasteiger partial charge in [0.15, 0.2) is 11.5 Å². The highest BCUT2D eigenvalue weighted by molar-refractivity contribution is 7.99. The van der Waals surface area contributed by atoms with Crippen LogP contribution in [0.4, 0.5) is 5.69 Å². The van der Waals surface area contributed by atoms with Gasteiger partial charge in [-0.3, -0.25) is 9.59 Å². The fourth-order valence-corrected chi connectivity index (χ4v) is 5.33. The first-order valence-corrected chi connectivity index (χ1v) is 11.8. The van der Waals surface area contributed by atoms with E-state index in [2.05, 4.69) is 36.2 Å². The van der Waals surface area contributed by atoms with Crippen molar-refractivity contribution in [2.45, 2.75) is 40.0 Å². The fraction of sp³-hybridized carbons (Fsp3) is 0.500. The Morgan fingerprint density at radius 1 is 1.17 bits per heavy atom. The van der Waals surface area contributed by atoms with Crippen LogP contribution >= 0.6 is 11.8 Å². The number of nitrogens with one attached hydrogen (secondary N) is 1. The molecule has 1 aliphatic carbocycles. The molecule has 0 spiro atoms. The van der Waals surface area contributed by atoms with E-state index in [1.165, 1.54) is 30.2 Å². The summed E-state index contributed by atoms with van der Waals surface area (Å²) >= 11 is 2.03. The second-order valence-electron chi connectivity index (χ2n) is 9.15. The molecule has 1 N–H and O–H groups in total. The van der Waals surface area contributed by atoms with E-state index in [1.807, 2.05) is 23.9 Å². The molecule has 0 bridgehead atoms. The van der Waals surface area contributed by atoms with Crippen molar-refractivity contribution in [2.24, 2.45) is 5.41 Å². The Balaban J connectivity index is 1.40. The lowest BCUT2D eigenvalue weighted by molar-refractivity contribution is 0.0898. The van der Waals surface area contributed by atoms with Crippen molar-refractivity contribution in [2.75, 3.05) is 36.5 Å². The molecule has 1 aliphatic heterocycles. The number of rotatable bonds is 5. The number of hydrogen-bond donors (Lipinski definition) is 1. The van der Waals surface area contributed by atoms with Gasteiger partial charge in [-0.2, -0.15) is 11.8 Å². The van der Waals surface area contributed by atoms with E-state index in [-0.39, 0.29) is 22.9 Å². The monoisotopic (exact) mass is 426 g/mol. The standard InChI is InChI=1S/C24H30N2O3S/c1-16-21-19(27)14-24(2,3)15-20(21)29-22(16)23(28)25-18-6-4-17(5-7-18)8-9-26-10-12-30-13-11-26/h4-7H,8-15H2,1-3H3,(H,25,28). The summed E-state index contributed by atoms with van der Waals surface area (Å²) < 4.78 is 5.87. The number of nitrogens with zero attached hydrogens (tertiary/aromatic N) is 1. The van der Waals surface area contributed by atoms with Gasteiger partial charge in [0.25, 0.3) is 5.91 Å². The van der Waals surface area contributed by atoms with Crippen LogP contribution in [0.3, 0.4) is 0 Å². The van der Waals surface area contributed by atoms with Gasteiger partial charge in [-0.05, 0) is 36.5 Å². The van der Waals surface area contributed by atoms with Gasteiger partial charge in [-0.15, -0.1) is 0 Å². The van der Waals surface area contributed by atoms with E-state index in [1.54, 1.807) is 6.92 Å². The summed E-state index contributed by atoms with van der Waals surface area (Å²) in [5.41, 5.74) is 3.12. The molecule has 6 heteroatoms.